The summed E-state index contributed by atoms with van der Waals surface area (Å²) in [5.41, 5.74) is 1.99. The molecule has 0 radical (unpaired) electrons. The van der Waals surface area contributed by atoms with Crippen molar-refractivity contribution in [2.45, 2.75) is 42.0 Å². The second-order valence-corrected chi connectivity index (χ2v) is 17.2. The standard InChI is InChI=1S/C35H47N5O5S3/c1-44-15-16-45-29-19-28-20-31(35(41)37-22-30(24-39-13-17-46-18-14-39)47-25-27-7-3-2-4-8-27)38-34(28)32(21-29)40(23-26-10-11-26)48(42,43)33-9-5-6-12-36-33/h2-7,9,12,19,21,26-27,30-31,38H,8,10-11,13-18,20,22-25H2,1H3,(H,37,41). The van der Waals surface area contributed by atoms with Gasteiger partial charge in [-0.05, 0) is 54.9 Å². The normalized spacial score (nSPS) is 21.4. The molecule has 2 aliphatic heterocycles. The van der Waals surface area contributed by atoms with E-state index in [0.717, 1.165) is 61.7 Å². The van der Waals surface area contributed by atoms with Crippen LogP contribution in [0.5, 0.6) is 5.75 Å². The molecule has 3 unspecified atom stereocenters. The van der Waals surface area contributed by atoms with Gasteiger partial charge < -0.3 is 25.0 Å². The first-order valence-electron chi connectivity index (χ1n) is 16.9. The maximum absolute atomic E-state index is 14.1. The van der Waals surface area contributed by atoms with Crippen LogP contribution in [0.3, 0.4) is 0 Å². The summed E-state index contributed by atoms with van der Waals surface area (Å²) in [4.78, 5) is 20.5. The van der Waals surface area contributed by atoms with Gasteiger partial charge in [0.15, 0.2) is 5.03 Å². The molecule has 1 amide bonds. The average Bonchev–Trinajstić information content (AvgIpc) is 3.84. The fourth-order valence-electron chi connectivity index (χ4n) is 6.18. The molecule has 0 bridgehead atoms. The maximum atomic E-state index is 14.1. The fourth-order valence-corrected chi connectivity index (χ4v) is 9.93. The quantitative estimate of drug-likeness (QED) is 0.228. The highest BCUT2D eigenvalue weighted by Gasteiger charge is 2.38. The van der Waals surface area contributed by atoms with Crippen LogP contribution < -0.4 is 19.7 Å². The molecule has 1 aromatic heterocycles. The highest BCUT2D eigenvalue weighted by atomic mass is 32.2. The van der Waals surface area contributed by atoms with Crippen molar-refractivity contribution in [3.05, 3.63) is 66.4 Å². The van der Waals surface area contributed by atoms with E-state index in [1.54, 1.807) is 25.3 Å². The van der Waals surface area contributed by atoms with E-state index in [2.05, 4.69) is 44.8 Å². The Balaban J connectivity index is 1.19. The molecule has 1 saturated carbocycles. The van der Waals surface area contributed by atoms with Crippen LogP contribution in [0.15, 0.2) is 65.9 Å². The first-order valence-corrected chi connectivity index (χ1v) is 20.6. The fraction of sp³-hybridized carbons (Fsp3) is 0.543. The number of carbonyl (C=O) groups is 1. The molecule has 2 N–H and O–H groups in total. The van der Waals surface area contributed by atoms with Gasteiger partial charge in [0, 0.05) is 81.0 Å². The van der Waals surface area contributed by atoms with Crippen molar-refractivity contribution in [3.8, 4) is 5.75 Å². The van der Waals surface area contributed by atoms with E-state index in [0.29, 0.717) is 55.8 Å². The number of hydrogen-bond acceptors (Lipinski definition) is 10. The third kappa shape index (κ3) is 9.29. The van der Waals surface area contributed by atoms with E-state index in [1.807, 2.05) is 29.6 Å². The number of aromatic nitrogens is 1. The number of ether oxygens (including phenoxy) is 2. The molecule has 1 aromatic carbocycles. The van der Waals surface area contributed by atoms with E-state index in [9.17, 15) is 13.2 Å². The molecule has 13 heteroatoms. The molecule has 6 rings (SSSR count). The SMILES string of the molecule is COCCOc1cc2c(c(N(CC3CC3)S(=O)(=O)c3ccccn3)c1)NC(C(=O)NCC(CN1CCSCC1)SCC1C=CC=CC1)C2. The molecular formula is C35H47N5O5S3. The summed E-state index contributed by atoms with van der Waals surface area (Å²) in [5.74, 6) is 4.57. The number of rotatable bonds is 17. The van der Waals surface area contributed by atoms with Gasteiger partial charge >= 0.3 is 0 Å². The number of carbonyl (C=O) groups excluding carboxylic acids is 1. The Hall–Kier alpha value is -2.71. The highest BCUT2D eigenvalue weighted by molar-refractivity contribution is 8.00. The number of amides is 1. The first-order chi connectivity index (χ1) is 23.4. The second kappa shape index (κ2) is 16.8. The highest BCUT2D eigenvalue weighted by Crippen LogP contribution is 2.43. The van der Waals surface area contributed by atoms with E-state index in [1.165, 1.54) is 16.6 Å². The molecule has 1 saturated heterocycles. The monoisotopic (exact) mass is 713 g/mol. The van der Waals surface area contributed by atoms with E-state index >= 15 is 0 Å². The molecule has 2 fully saturated rings. The minimum Gasteiger partial charge on any atom is -0.491 e. The number of benzene rings is 1. The minimum atomic E-state index is -3.98. The molecule has 4 aliphatic rings. The number of sulfonamides is 1. The van der Waals surface area contributed by atoms with Gasteiger partial charge in [-0.3, -0.25) is 9.10 Å². The van der Waals surface area contributed by atoms with Crippen molar-refractivity contribution in [1.29, 1.82) is 0 Å². The van der Waals surface area contributed by atoms with Crippen LogP contribution >= 0.6 is 23.5 Å². The number of nitrogens with one attached hydrogen (secondary N) is 2. The first kappa shape index (κ1) is 35.1. The topological polar surface area (TPSA) is 113 Å². The van der Waals surface area contributed by atoms with Crippen LogP contribution in [-0.4, -0.2) is 106 Å². The molecule has 2 aliphatic carbocycles. The largest absolute Gasteiger partial charge is 0.491 e. The van der Waals surface area contributed by atoms with Gasteiger partial charge in [-0.1, -0.05) is 30.4 Å². The molecule has 2 aromatic rings. The maximum Gasteiger partial charge on any atom is 0.281 e. The summed E-state index contributed by atoms with van der Waals surface area (Å²) in [5, 5.41) is 6.96. The lowest BCUT2D eigenvalue weighted by Crippen LogP contribution is -2.45. The molecule has 3 heterocycles. The lowest BCUT2D eigenvalue weighted by molar-refractivity contribution is -0.121. The lowest BCUT2D eigenvalue weighted by atomic mass is 10.0. The molecular weight excluding hydrogens is 667 g/mol. The zero-order chi connectivity index (χ0) is 33.3. The number of thioether (sulfide) groups is 2. The summed E-state index contributed by atoms with van der Waals surface area (Å²) in [6, 6.07) is 8.06. The Labute approximate surface area is 293 Å². The van der Waals surface area contributed by atoms with Gasteiger partial charge in [-0.2, -0.15) is 31.9 Å². The Morgan fingerprint density at radius 3 is 2.79 bits per heavy atom. The molecule has 48 heavy (non-hydrogen) atoms. The molecule has 10 nitrogen and oxygen atoms in total. The van der Waals surface area contributed by atoms with E-state index in [4.69, 9.17) is 9.47 Å². The van der Waals surface area contributed by atoms with Gasteiger partial charge in [0.05, 0.1) is 18.0 Å². The Bertz CT molecular complexity index is 1550. The van der Waals surface area contributed by atoms with Crippen LogP contribution in [0.4, 0.5) is 11.4 Å². The Kier molecular flexibility index (Phi) is 12.3. The van der Waals surface area contributed by atoms with Gasteiger partial charge in [0.2, 0.25) is 5.91 Å². The van der Waals surface area contributed by atoms with Gasteiger partial charge in [-0.15, -0.1) is 0 Å². The van der Waals surface area contributed by atoms with Gasteiger partial charge in [0.25, 0.3) is 10.0 Å². The van der Waals surface area contributed by atoms with Crippen molar-refractivity contribution in [3.63, 3.8) is 0 Å². The average molecular weight is 714 g/mol. The predicted octanol–water partition coefficient (Wildman–Crippen LogP) is 4.45. The predicted molar refractivity (Wildman–Crippen MR) is 196 cm³/mol. The molecule has 3 atom stereocenters. The van der Waals surface area contributed by atoms with Crippen LogP contribution in [0, 0.1) is 11.8 Å². The number of nitrogens with zero attached hydrogens (tertiary/aromatic N) is 3. The zero-order valence-electron chi connectivity index (χ0n) is 27.6. The van der Waals surface area contributed by atoms with Crippen LogP contribution in [-0.2, 0) is 26.0 Å². The summed E-state index contributed by atoms with van der Waals surface area (Å²) in [6.07, 6.45) is 13.7. The smallest absolute Gasteiger partial charge is 0.281 e. The van der Waals surface area contributed by atoms with Gasteiger partial charge in [-0.25, -0.2) is 4.98 Å². The second-order valence-electron chi connectivity index (χ2n) is 12.8. The van der Waals surface area contributed by atoms with E-state index in [-0.39, 0.29) is 22.1 Å². The lowest BCUT2D eigenvalue weighted by Gasteiger charge is -2.31. The third-order valence-electron chi connectivity index (χ3n) is 9.05. The van der Waals surface area contributed by atoms with Crippen LogP contribution in [0.1, 0.15) is 24.8 Å². The van der Waals surface area contributed by atoms with Crippen molar-refractivity contribution in [2.75, 3.05) is 79.9 Å². The molecule has 0 spiro atoms. The summed E-state index contributed by atoms with van der Waals surface area (Å²) < 4.78 is 40.8. The van der Waals surface area contributed by atoms with Gasteiger partial charge in [0.1, 0.15) is 18.4 Å². The molecule has 260 valence electrons. The minimum absolute atomic E-state index is 0.00650. The Morgan fingerprint density at radius 2 is 2.06 bits per heavy atom. The van der Waals surface area contributed by atoms with Crippen LogP contribution in [0.2, 0.25) is 0 Å². The number of fused-ring (bicyclic) bond motifs is 1. The summed E-state index contributed by atoms with van der Waals surface area (Å²) in [7, 11) is -2.37. The van der Waals surface area contributed by atoms with Crippen molar-refractivity contribution < 1.29 is 22.7 Å². The number of allylic oxidation sites excluding steroid dienone is 4. The third-order valence-corrected chi connectivity index (χ3v) is 13.1. The van der Waals surface area contributed by atoms with E-state index < -0.39 is 16.1 Å². The summed E-state index contributed by atoms with van der Waals surface area (Å²) >= 11 is 3.95. The van der Waals surface area contributed by atoms with Crippen molar-refractivity contribution >= 4 is 50.8 Å². The number of anilines is 2. The number of methoxy groups -OCH3 is 1. The van der Waals surface area contributed by atoms with Crippen LogP contribution in [0.25, 0.3) is 0 Å². The zero-order valence-corrected chi connectivity index (χ0v) is 30.0. The number of hydrogen-bond donors (Lipinski definition) is 2. The van der Waals surface area contributed by atoms with Crippen molar-refractivity contribution in [2.24, 2.45) is 11.8 Å². The number of pyridine rings is 1. The van der Waals surface area contributed by atoms with Crippen molar-refractivity contribution in [1.82, 2.24) is 15.2 Å². The Morgan fingerprint density at radius 1 is 1.21 bits per heavy atom. The summed E-state index contributed by atoms with van der Waals surface area (Å²) in [6.45, 7) is 4.75.